The summed E-state index contributed by atoms with van der Waals surface area (Å²) >= 11 is 0. The van der Waals surface area contributed by atoms with Gasteiger partial charge in [0.05, 0.1) is 0 Å². The number of fused-ring (bicyclic) bond motifs is 1. The molecule has 2 aliphatic heterocycles. The van der Waals surface area contributed by atoms with Gasteiger partial charge in [0.2, 0.25) is 5.91 Å². The van der Waals surface area contributed by atoms with Crippen LogP contribution in [0.25, 0.3) is 11.1 Å². The SMILES string of the molecule is CN1C(=O)CCc2ccc(NC(=O)c3ccc(-c4ccccc4)cc3CCN3CCCCC3)cc21. The van der Waals surface area contributed by atoms with E-state index in [2.05, 4.69) is 28.4 Å². The van der Waals surface area contributed by atoms with Crippen LogP contribution in [0.5, 0.6) is 0 Å². The lowest BCUT2D eigenvalue weighted by atomic mass is 9.96. The van der Waals surface area contributed by atoms with Gasteiger partial charge in [-0.1, -0.05) is 55.0 Å². The molecule has 1 saturated heterocycles. The van der Waals surface area contributed by atoms with Gasteiger partial charge in [0, 0.05) is 37.0 Å². The maximum absolute atomic E-state index is 13.4. The van der Waals surface area contributed by atoms with E-state index in [1.165, 1.54) is 19.3 Å². The maximum atomic E-state index is 13.4. The van der Waals surface area contributed by atoms with Crippen molar-refractivity contribution in [1.29, 1.82) is 0 Å². The molecule has 0 unspecified atom stereocenters. The highest BCUT2D eigenvalue weighted by Crippen LogP contribution is 2.30. The smallest absolute Gasteiger partial charge is 0.255 e. The normalized spacial score (nSPS) is 16.1. The number of carbonyl (C=O) groups excluding carboxylic acids is 2. The van der Waals surface area contributed by atoms with Crippen LogP contribution in [0.2, 0.25) is 0 Å². The molecule has 0 bridgehead atoms. The molecule has 2 amide bonds. The largest absolute Gasteiger partial charge is 0.322 e. The zero-order valence-corrected chi connectivity index (χ0v) is 20.4. The van der Waals surface area contributed by atoms with Crippen LogP contribution < -0.4 is 10.2 Å². The van der Waals surface area contributed by atoms with Crippen molar-refractivity contribution in [3.05, 3.63) is 83.4 Å². The minimum atomic E-state index is -0.108. The van der Waals surface area contributed by atoms with Gasteiger partial charge >= 0.3 is 0 Å². The summed E-state index contributed by atoms with van der Waals surface area (Å²) in [5, 5.41) is 3.09. The number of hydrogen-bond donors (Lipinski definition) is 1. The zero-order chi connectivity index (χ0) is 24.2. The summed E-state index contributed by atoms with van der Waals surface area (Å²) in [6.45, 7) is 3.24. The molecule has 3 aromatic rings. The van der Waals surface area contributed by atoms with E-state index in [1.54, 1.807) is 11.9 Å². The van der Waals surface area contributed by atoms with E-state index in [1.807, 2.05) is 48.5 Å². The quantitative estimate of drug-likeness (QED) is 0.518. The molecule has 2 aliphatic rings. The molecule has 1 fully saturated rings. The number of carbonyl (C=O) groups is 2. The summed E-state index contributed by atoms with van der Waals surface area (Å²) in [7, 11) is 1.80. The number of benzene rings is 3. The molecule has 5 heteroatoms. The van der Waals surface area contributed by atoms with E-state index >= 15 is 0 Å². The van der Waals surface area contributed by atoms with E-state index in [4.69, 9.17) is 0 Å². The van der Waals surface area contributed by atoms with Crippen molar-refractivity contribution in [3.63, 3.8) is 0 Å². The van der Waals surface area contributed by atoms with Crippen LogP contribution in [0, 0.1) is 0 Å². The third-order valence-electron chi connectivity index (χ3n) is 7.29. The Morgan fingerprint density at radius 2 is 1.69 bits per heavy atom. The molecule has 5 rings (SSSR count). The molecule has 0 atom stereocenters. The lowest BCUT2D eigenvalue weighted by Gasteiger charge is -2.27. The number of hydrogen-bond acceptors (Lipinski definition) is 3. The van der Waals surface area contributed by atoms with Gasteiger partial charge in [-0.05, 0) is 79.2 Å². The Kier molecular flexibility index (Phi) is 6.96. The predicted octanol–water partition coefficient (Wildman–Crippen LogP) is 5.54. The Morgan fingerprint density at radius 1 is 0.886 bits per heavy atom. The number of anilines is 2. The Labute approximate surface area is 207 Å². The van der Waals surface area contributed by atoms with E-state index < -0.39 is 0 Å². The maximum Gasteiger partial charge on any atom is 0.255 e. The average molecular weight is 468 g/mol. The number of amides is 2. The third-order valence-corrected chi connectivity index (χ3v) is 7.29. The summed E-state index contributed by atoms with van der Waals surface area (Å²) in [5.41, 5.74) is 6.79. The van der Waals surface area contributed by atoms with Gasteiger partial charge in [-0.25, -0.2) is 0 Å². The Bertz CT molecular complexity index is 1220. The van der Waals surface area contributed by atoms with Crippen molar-refractivity contribution in [3.8, 4) is 11.1 Å². The van der Waals surface area contributed by atoms with Crippen LogP contribution in [0.4, 0.5) is 11.4 Å². The molecular formula is C30H33N3O2. The lowest BCUT2D eigenvalue weighted by molar-refractivity contribution is -0.118. The van der Waals surface area contributed by atoms with Crippen LogP contribution >= 0.6 is 0 Å². The molecule has 180 valence electrons. The van der Waals surface area contributed by atoms with Crippen LogP contribution in [0.3, 0.4) is 0 Å². The number of likely N-dealkylation sites (tertiary alicyclic amines) is 1. The van der Waals surface area contributed by atoms with Gasteiger partial charge in [-0.3, -0.25) is 9.59 Å². The van der Waals surface area contributed by atoms with Crippen molar-refractivity contribution in [2.24, 2.45) is 0 Å². The molecule has 1 N–H and O–H groups in total. The van der Waals surface area contributed by atoms with E-state index in [0.29, 0.717) is 17.7 Å². The van der Waals surface area contributed by atoms with Gasteiger partial charge < -0.3 is 15.1 Å². The number of piperidine rings is 1. The van der Waals surface area contributed by atoms with Crippen LogP contribution in [-0.2, 0) is 17.6 Å². The first-order chi connectivity index (χ1) is 17.1. The molecule has 0 spiro atoms. The van der Waals surface area contributed by atoms with Crippen molar-refractivity contribution in [2.75, 3.05) is 36.9 Å². The Morgan fingerprint density at radius 3 is 2.49 bits per heavy atom. The number of nitrogens with zero attached hydrogens (tertiary/aromatic N) is 2. The predicted molar refractivity (Wildman–Crippen MR) is 142 cm³/mol. The monoisotopic (exact) mass is 467 g/mol. The first-order valence-corrected chi connectivity index (χ1v) is 12.7. The second-order valence-corrected chi connectivity index (χ2v) is 9.64. The van der Waals surface area contributed by atoms with Crippen LogP contribution in [0.15, 0.2) is 66.7 Å². The molecule has 3 aromatic carbocycles. The summed E-state index contributed by atoms with van der Waals surface area (Å²) in [5.74, 6) is 0.000436. The summed E-state index contributed by atoms with van der Waals surface area (Å²) < 4.78 is 0. The van der Waals surface area contributed by atoms with Crippen molar-refractivity contribution >= 4 is 23.2 Å². The molecule has 35 heavy (non-hydrogen) atoms. The highest BCUT2D eigenvalue weighted by atomic mass is 16.2. The van der Waals surface area contributed by atoms with Gasteiger partial charge in [-0.15, -0.1) is 0 Å². The van der Waals surface area contributed by atoms with Crippen LogP contribution in [0.1, 0.15) is 47.2 Å². The van der Waals surface area contributed by atoms with E-state index in [0.717, 1.165) is 60.4 Å². The summed E-state index contributed by atoms with van der Waals surface area (Å²) in [6.07, 6.45) is 5.94. The Hall–Kier alpha value is -3.44. The first-order valence-electron chi connectivity index (χ1n) is 12.7. The van der Waals surface area contributed by atoms with Gasteiger partial charge in [0.15, 0.2) is 0 Å². The van der Waals surface area contributed by atoms with Gasteiger partial charge in [0.25, 0.3) is 5.91 Å². The van der Waals surface area contributed by atoms with E-state index in [9.17, 15) is 9.59 Å². The molecule has 0 aromatic heterocycles. The number of rotatable bonds is 6. The van der Waals surface area contributed by atoms with Gasteiger partial charge in [-0.2, -0.15) is 0 Å². The first kappa shape index (κ1) is 23.3. The average Bonchev–Trinajstić information content (AvgIpc) is 2.91. The number of aryl methyl sites for hydroxylation is 1. The topological polar surface area (TPSA) is 52.7 Å². The summed E-state index contributed by atoms with van der Waals surface area (Å²) in [4.78, 5) is 29.8. The van der Waals surface area contributed by atoms with Crippen LogP contribution in [-0.4, -0.2) is 43.4 Å². The number of nitrogens with one attached hydrogen (secondary N) is 1. The fourth-order valence-electron chi connectivity index (χ4n) is 5.20. The second kappa shape index (κ2) is 10.4. The fourth-order valence-corrected chi connectivity index (χ4v) is 5.20. The standard InChI is InChI=1S/C30H33N3O2/c1-32-28-21-26(13-10-23(28)12-15-29(32)34)31-30(35)27-14-11-24(22-8-4-2-5-9-22)20-25(27)16-19-33-17-6-3-7-18-33/h2,4-5,8-11,13-14,20-21H,3,6-7,12,15-19H2,1H3,(H,31,35). The molecular weight excluding hydrogens is 434 g/mol. The summed E-state index contributed by atoms with van der Waals surface area (Å²) in [6, 6.07) is 22.3. The minimum Gasteiger partial charge on any atom is -0.322 e. The highest BCUT2D eigenvalue weighted by Gasteiger charge is 2.22. The Balaban J connectivity index is 1.40. The molecule has 0 saturated carbocycles. The molecule has 5 nitrogen and oxygen atoms in total. The fraction of sp³-hybridized carbons (Fsp3) is 0.333. The molecule has 0 radical (unpaired) electrons. The van der Waals surface area contributed by atoms with E-state index in [-0.39, 0.29) is 11.8 Å². The zero-order valence-electron chi connectivity index (χ0n) is 20.4. The van der Waals surface area contributed by atoms with Crippen molar-refractivity contribution in [1.82, 2.24) is 4.90 Å². The second-order valence-electron chi connectivity index (χ2n) is 9.64. The third kappa shape index (κ3) is 5.30. The van der Waals surface area contributed by atoms with Crippen molar-refractivity contribution in [2.45, 2.75) is 38.5 Å². The van der Waals surface area contributed by atoms with Gasteiger partial charge in [0.1, 0.15) is 0 Å². The molecule has 0 aliphatic carbocycles. The lowest BCUT2D eigenvalue weighted by Crippen LogP contribution is -2.32. The molecule has 2 heterocycles. The highest BCUT2D eigenvalue weighted by molar-refractivity contribution is 6.06. The van der Waals surface area contributed by atoms with Crippen molar-refractivity contribution < 1.29 is 9.59 Å². The minimum absolute atomic E-state index is 0.108.